The van der Waals surface area contributed by atoms with E-state index in [0.29, 0.717) is 13.1 Å². The van der Waals surface area contributed by atoms with Gasteiger partial charge >= 0.3 is 0 Å². The van der Waals surface area contributed by atoms with Gasteiger partial charge in [0.05, 0.1) is 6.26 Å². The Morgan fingerprint density at radius 2 is 1.85 bits per heavy atom. The van der Waals surface area contributed by atoms with E-state index in [9.17, 15) is 8.42 Å². The fourth-order valence-corrected chi connectivity index (χ4v) is 5.32. The van der Waals surface area contributed by atoms with Crippen LogP contribution in [0.25, 0.3) is 4.96 Å². The number of piperidine rings is 1. The van der Waals surface area contributed by atoms with Crippen molar-refractivity contribution >= 4 is 26.3 Å². The van der Waals surface area contributed by atoms with Crippen LogP contribution in [0.5, 0.6) is 0 Å². The number of aromatic nitrogens is 4. The van der Waals surface area contributed by atoms with Crippen molar-refractivity contribution in [1.29, 1.82) is 0 Å². The van der Waals surface area contributed by atoms with Crippen LogP contribution >= 0.6 is 11.3 Å². The van der Waals surface area contributed by atoms with E-state index in [1.807, 2.05) is 10.6 Å². The maximum Gasteiger partial charge on any atom is 0.234 e. The Balaban J connectivity index is 1.40. The molecule has 0 atom stereocenters. The second-order valence-electron chi connectivity index (χ2n) is 7.02. The maximum absolute atomic E-state index is 11.7. The summed E-state index contributed by atoms with van der Waals surface area (Å²) in [6.45, 7) is 1.07. The van der Waals surface area contributed by atoms with Gasteiger partial charge in [-0.1, -0.05) is 41.7 Å². The number of aryl methyl sites for hydroxylation is 2. The first kappa shape index (κ1) is 18.5. The standard InChI is InChI=1S/C18H23N5O2S2/c1-27(24,25)22-12-10-15(11-13-22)17-19-20-18-23(17)21-16(26-18)9-5-8-14-6-3-2-4-7-14/h2-4,6-7,15H,5,8-13H2,1H3. The minimum atomic E-state index is -3.11. The van der Waals surface area contributed by atoms with E-state index < -0.39 is 10.0 Å². The molecule has 4 rings (SSSR count). The molecule has 144 valence electrons. The lowest BCUT2D eigenvalue weighted by Gasteiger charge is -2.28. The van der Waals surface area contributed by atoms with Gasteiger partial charge in [-0.05, 0) is 31.2 Å². The lowest BCUT2D eigenvalue weighted by atomic mass is 9.97. The molecule has 0 amide bonds. The third kappa shape index (κ3) is 4.20. The van der Waals surface area contributed by atoms with Gasteiger partial charge in [0.2, 0.25) is 15.0 Å². The van der Waals surface area contributed by atoms with Gasteiger partial charge < -0.3 is 0 Å². The molecule has 1 aliphatic heterocycles. The molecule has 9 heteroatoms. The Morgan fingerprint density at radius 3 is 2.56 bits per heavy atom. The van der Waals surface area contributed by atoms with Crippen molar-refractivity contribution in [2.24, 2.45) is 0 Å². The van der Waals surface area contributed by atoms with E-state index in [1.54, 1.807) is 11.3 Å². The zero-order chi connectivity index (χ0) is 18.9. The molecule has 0 N–H and O–H groups in total. The van der Waals surface area contributed by atoms with Gasteiger partial charge in [-0.25, -0.2) is 12.7 Å². The monoisotopic (exact) mass is 405 g/mol. The summed E-state index contributed by atoms with van der Waals surface area (Å²) in [5.41, 5.74) is 1.35. The predicted molar refractivity (Wildman–Crippen MR) is 106 cm³/mol. The third-order valence-corrected chi connectivity index (χ3v) is 7.31. The number of hydrogen-bond acceptors (Lipinski definition) is 6. The van der Waals surface area contributed by atoms with Gasteiger partial charge in [-0.3, -0.25) is 0 Å². The average molecular weight is 406 g/mol. The second-order valence-corrected chi connectivity index (χ2v) is 10.0. The van der Waals surface area contributed by atoms with Gasteiger partial charge in [-0.2, -0.15) is 9.61 Å². The number of fused-ring (bicyclic) bond motifs is 1. The van der Waals surface area contributed by atoms with E-state index >= 15 is 0 Å². The first-order valence-corrected chi connectivity index (χ1v) is 11.9. The summed E-state index contributed by atoms with van der Waals surface area (Å²) >= 11 is 1.59. The zero-order valence-corrected chi connectivity index (χ0v) is 16.9. The van der Waals surface area contributed by atoms with Crippen molar-refractivity contribution in [2.45, 2.75) is 38.0 Å². The van der Waals surface area contributed by atoms with E-state index in [4.69, 9.17) is 5.10 Å². The Kier molecular flexibility index (Phi) is 5.25. The molecule has 27 heavy (non-hydrogen) atoms. The predicted octanol–water partition coefficient (Wildman–Crippen LogP) is 2.50. The lowest BCUT2D eigenvalue weighted by Crippen LogP contribution is -2.37. The number of hydrogen-bond donors (Lipinski definition) is 0. The first-order chi connectivity index (χ1) is 13.0. The molecule has 3 heterocycles. The van der Waals surface area contributed by atoms with Gasteiger partial charge in [-0.15, -0.1) is 10.2 Å². The quantitative estimate of drug-likeness (QED) is 0.629. The summed E-state index contributed by atoms with van der Waals surface area (Å²) < 4.78 is 26.8. The van der Waals surface area contributed by atoms with Crippen molar-refractivity contribution in [2.75, 3.05) is 19.3 Å². The van der Waals surface area contributed by atoms with Gasteiger partial charge in [0.25, 0.3) is 0 Å². The molecule has 1 saturated heterocycles. The van der Waals surface area contributed by atoms with Crippen LogP contribution in [-0.4, -0.2) is 51.9 Å². The maximum atomic E-state index is 11.7. The number of benzene rings is 1. The summed E-state index contributed by atoms with van der Waals surface area (Å²) in [5, 5.41) is 14.4. The Hall–Kier alpha value is -1.84. The molecule has 0 saturated carbocycles. The molecule has 1 aliphatic rings. The van der Waals surface area contributed by atoms with E-state index in [0.717, 1.165) is 47.9 Å². The summed E-state index contributed by atoms with van der Waals surface area (Å²) in [5.74, 6) is 1.07. The van der Waals surface area contributed by atoms with Crippen LogP contribution in [0.4, 0.5) is 0 Å². The van der Waals surface area contributed by atoms with E-state index in [1.165, 1.54) is 16.1 Å². The molecule has 0 unspecified atom stereocenters. The largest absolute Gasteiger partial charge is 0.234 e. The SMILES string of the molecule is CS(=O)(=O)N1CCC(c2nnc3sc(CCCc4ccccc4)nn23)CC1. The molecule has 1 fully saturated rings. The molecule has 0 aliphatic carbocycles. The summed E-state index contributed by atoms with van der Waals surface area (Å²) in [4.78, 5) is 0.824. The van der Waals surface area contributed by atoms with Crippen LogP contribution < -0.4 is 0 Å². The smallest absolute Gasteiger partial charge is 0.213 e. The van der Waals surface area contributed by atoms with Crippen molar-refractivity contribution in [3.63, 3.8) is 0 Å². The van der Waals surface area contributed by atoms with Crippen molar-refractivity contribution < 1.29 is 8.42 Å². The van der Waals surface area contributed by atoms with Crippen molar-refractivity contribution in [1.82, 2.24) is 24.1 Å². The number of sulfonamides is 1. The molecular weight excluding hydrogens is 382 g/mol. The molecule has 7 nitrogen and oxygen atoms in total. The highest BCUT2D eigenvalue weighted by atomic mass is 32.2. The van der Waals surface area contributed by atoms with Crippen molar-refractivity contribution in [3.8, 4) is 0 Å². The Bertz CT molecular complexity index is 1000. The molecule has 0 spiro atoms. The van der Waals surface area contributed by atoms with Crippen LogP contribution in [-0.2, 0) is 22.9 Å². The van der Waals surface area contributed by atoms with Gasteiger partial charge in [0, 0.05) is 25.4 Å². The Labute approximate surface area is 163 Å². The van der Waals surface area contributed by atoms with Crippen LogP contribution in [0.15, 0.2) is 30.3 Å². The van der Waals surface area contributed by atoms with Crippen LogP contribution in [0.3, 0.4) is 0 Å². The fraction of sp³-hybridized carbons (Fsp3) is 0.500. The van der Waals surface area contributed by atoms with E-state index in [2.05, 4.69) is 34.5 Å². The summed E-state index contributed by atoms with van der Waals surface area (Å²) in [6, 6.07) is 10.5. The minimum Gasteiger partial charge on any atom is -0.213 e. The molecule has 2 aromatic heterocycles. The molecule has 0 bridgehead atoms. The molecule has 1 aromatic carbocycles. The van der Waals surface area contributed by atoms with Crippen LogP contribution in [0.1, 0.15) is 41.6 Å². The lowest BCUT2D eigenvalue weighted by molar-refractivity contribution is 0.313. The highest BCUT2D eigenvalue weighted by Gasteiger charge is 2.29. The second kappa shape index (κ2) is 7.65. The molecule has 3 aromatic rings. The first-order valence-electron chi connectivity index (χ1n) is 9.21. The molecule has 0 radical (unpaired) electrons. The highest BCUT2D eigenvalue weighted by molar-refractivity contribution is 7.88. The highest BCUT2D eigenvalue weighted by Crippen LogP contribution is 2.29. The van der Waals surface area contributed by atoms with E-state index in [-0.39, 0.29) is 5.92 Å². The fourth-order valence-electron chi connectivity index (χ4n) is 3.56. The topological polar surface area (TPSA) is 80.5 Å². The number of nitrogens with zero attached hydrogens (tertiary/aromatic N) is 5. The van der Waals surface area contributed by atoms with Crippen molar-refractivity contribution in [3.05, 3.63) is 46.7 Å². The summed E-state index contributed by atoms with van der Waals surface area (Å²) in [7, 11) is -3.11. The molecular formula is C18H23N5O2S2. The normalized spacial score (nSPS) is 16.9. The zero-order valence-electron chi connectivity index (χ0n) is 15.3. The minimum absolute atomic E-state index is 0.206. The van der Waals surface area contributed by atoms with Gasteiger partial charge in [0.15, 0.2) is 5.82 Å². The third-order valence-electron chi connectivity index (χ3n) is 5.04. The van der Waals surface area contributed by atoms with Gasteiger partial charge in [0.1, 0.15) is 5.01 Å². The number of rotatable bonds is 6. The van der Waals surface area contributed by atoms with Crippen LogP contribution in [0.2, 0.25) is 0 Å². The Morgan fingerprint density at radius 1 is 1.11 bits per heavy atom. The summed E-state index contributed by atoms with van der Waals surface area (Å²) in [6.07, 6.45) is 5.80. The van der Waals surface area contributed by atoms with Crippen LogP contribution in [0, 0.1) is 0 Å². The average Bonchev–Trinajstić information content (AvgIpc) is 3.22.